The Morgan fingerprint density at radius 2 is 1.71 bits per heavy atom. The van der Waals surface area contributed by atoms with Gasteiger partial charge in [-0.2, -0.15) is 0 Å². The quantitative estimate of drug-likeness (QED) is 0.856. The van der Waals surface area contributed by atoms with Gasteiger partial charge in [-0.05, 0) is 42.7 Å². The zero-order valence-electron chi connectivity index (χ0n) is 12.9. The zero-order chi connectivity index (χ0) is 15.6. The van der Waals surface area contributed by atoms with Crippen molar-refractivity contribution in [3.8, 4) is 11.1 Å². The minimum absolute atomic E-state index is 0.318. The predicted molar refractivity (Wildman–Crippen MR) is 83.2 cm³/mol. The van der Waals surface area contributed by atoms with Gasteiger partial charge < -0.3 is 5.32 Å². The van der Waals surface area contributed by atoms with Crippen LogP contribution in [0.15, 0.2) is 30.3 Å². The fraction of sp³-hybridized carbons (Fsp3) is 0.333. The van der Waals surface area contributed by atoms with Gasteiger partial charge in [0.15, 0.2) is 0 Å². The minimum Gasteiger partial charge on any atom is -0.310 e. The van der Waals surface area contributed by atoms with E-state index in [4.69, 9.17) is 0 Å². The van der Waals surface area contributed by atoms with Crippen LogP contribution in [-0.2, 0) is 6.54 Å². The molecular weight excluding hydrogens is 268 g/mol. The number of rotatable bonds is 4. The zero-order valence-corrected chi connectivity index (χ0v) is 12.9. The van der Waals surface area contributed by atoms with Crippen LogP contribution in [0.5, 0.6) is 0 Å². The number of aryl methyl sites for hydroxylation is 2. The number of hydrogen-bond donors (Lipinski definition) is 1. The molecule has 3 heteroatoms. The summed E-state index contributed by atoms with van der Waals surface area (Å²) in [6, 6.07) is 8.62. The molecule has 0 heterocycles. The van der Waals surface area contributed by atoms with Crippen LogP contribution in [0, 0.1) is 25.5 Å². The largest absolute Gasteiger partial charge is 0.310 e. The van der Waals surface area contributed by atoms with Gasteiger partial charge in [0.25, 0.3) is 0 Å². The Labute approximate surface area is 125 Å². The average molecular weight is 289 g/mol. The molecule has 0 atom stereocenters. The van der Waals surface area contributed by atoms with E-state index in [-0.39, 0.29) is 11.6 Å². The second-order valence-corrected chi connectivity index (χ2v) is 5.79. The molecule has 1 nitrogen and oxygen atoms in total. The average Bonchev–Trinajstić information content (AvgIpc) is 2.37. The van der Waals surface area contributed by atoms with E-state index in [1.54, 1.807) is 13.0 Å². The normalized spacial score (nSPS) is 11.2. The Bertz CT molecular complexity index is 625. The Balaban J connectivity index is 2.38. The third-order valence-corrected chi connectivity index (χ3v) is 3.45. The van der Waals surface area contributed by atoms with Gasteiger partial charge in [0.2, 0.25) is 0 Å². The lowest BCUT2D eigenvalue weighted by molar-refractivity contribution is 0.581. The first-order valence-electron chi connectivity index (χ1n) is 7.17. The molecule has 0 unspecified atom stereocenters. The monoisotopic (exact) mass is 289 g/mol. The molecular formula is C18H21F2N. The molecule has 21 heavy (non-hydrogen) atoms. The van der Waals surface area contributed by atoms with E-state index in [1.807, 2.05) is 32.9 Å². The van der Waals surface area contributed by atoms with Gasteiger partial charge in [-0.1, -0.05) is 32.0 Å². The highest BCUT2D eigenvalue weighted by atomic mass is 19.1. The van der Waals surface area contributed by atoms with Gasteiger partial charge in [-0.15, -0.1) is 0 Å². The van der Waals surface area contributed by atoms with Crippen molar-refractivity contribution in [1.29, 1.82) is 0 Å². The van der Waals surface area contributed by atoms with Gasteiger partial charge in [-0.3, -0.25) is 0 Å². The van der Waals surface area contributed by atoms with Crippen LogP contribution in [0.25, 0.3) is 11.1 Å². The first kappa shape index (κ1) is 15.6. The van der Waals surface area contributed by atoms with E-state index in [9.17, 15) is 8.78 Å². The maximum Gasteiger partial charge on any atom is 0.131 e. The number of nitrogens with one attached hydrogen (secondary N) is 1. The molecule has 0 aliphatic carbocycles. The number of hydrogen-bond acceptors (Lipinski definition) is 1. The SMILES string of the molecule is Cc1cc(C)c(-c2ccc(CNC(C)C)cc2F)c(F)c1. The fourth-order valence-electron chi connectivity index (χ4n) is 2.45. The molecule has 0 spiro atoms. The van der Waals surface area contributed by atoms with E-state index in [1.165, 1.54) is 12.1 Å². The lowest BCUT2D eigenvalue weighted by atomic mass is 9.96. The molecule has 0 radical (unpaired) electrons. The van der Waals surface area contributed by atoms with Crippen LogP contribution >= 0.6 is 0 Å². The van der Waals surface area contributed by atoms with E-state index in [0.717, 1.165) is 16.7 Å². The van der Waals surface area contributed by atoms with Crippen LogP contribution in [0.4, 0.5) is 8.78 Å². The molecule has 0 fully saturated rings. The van der Waals surface area contributed by atoms with E-state index < -0.39 is 0 Å². The van der Waals surface area contributed by atoms with Gasteiger partial charge in [0.1, 0.15) is 11.6 Å². The molecule has 2 rings (SSSR count). The fourth-order valence-corrected chi connectivity index (χ4v) is 2.45. The topological polar surface area (TPSA) is 12.0 Å². The lowest BCUT2D eigenvalue weighted by Crippen LogP contribution is -2.21. The van der Waals surface area contributed by atoms with Crippen LogP contribution in [-0.4, -0.2) is 6.04 Å². The van der Waals surface area contributed by atoms with Crippen molar-refractivity contribution < 1.29 is 8.78 Å². The molecule has 0 saturated carbocycles. The first-order valence-corrected chi connectivity index (χ1v) is 7.17. The Morgan fingerprint density at radius 3 is 2.29 bits per heavy atom. The summed E-state index contributed by atoms with van der Waals surface area (Å²) in [5.74, 6) is -0.761. The first-order chi connectivity index (χ1) is 9.88. The number of halogens is 2. The van der Waals surface area contributed by atoms with Gasteiger partial charge >= 0.3 is 0 Å². The molecule has 0 amide bonds. The summed E-state index contributed by atoms with van der Waals surface area (Å²) in [7, 11) is 0. The van der Waals surface area contributed by atoms with Crippen molar-refractivity contribution in [2.75, 3.05) is 0 Å². The van der Waals surface area contributed by atoms with Gasteiger partial charge in [-0.25, -0.2) is 8.78 Å². The molecule has 0 aliphatic heterocycles. The van der Waals surface area contributed by atoms with E-state index in [0.29, 0.717) is 23.7 Å². The molecule has 112 valence electrons. The third kappa shape index (κ3) is 3.67. The van der Waals surface area contributed by atoms with Crippen LogP contribution in [0.1, 0.15) is 30.5 Å². The smallest absolute Gasteiger partial charge is 0.131 e. The van der Waals surface area contributed by atoms with Crippen molar-refractivity contribution >= 4 is 0 Å². The summed E-state index contributed by atoms with van der Waals surface area (Å²) in [6.45, 7) is 8.31. The molecule has 0 aromatic heterocycles. The molecule has 0 aliphatic rings. The molecule has 1 N–H and O–H groups in total. The van der Waals surface area contributed by atoms with Crippen molar-refractivity contribution in [1.82, 2.24) is 5.32 Å². The summed E-state index contributed by atoms with van der Waals surface area (Å²) in [6.07, 6.45) is 0. The molecule has 0 bridgehead atoms. The summed E-state index contributed by atoms with van der Waals surface area (Å²) in [5, 5.41) is 3.24. The summed E-state index contributed by atoms with van der Waals surface area (Å²) < 4.78 is 28.5. The van der Waals surface area contributed by atoms with Crippen LogP contribution in [0.2, 0.25) is 0 Å². The Kier molecular flexibility index (Phi) is 4.73. The van der Waals surface area contributed by atoms with Crippen molar-refractivity contribution in [2.45, 2.75) is 40.3 Å². The Morgan fingerprint density at radius 1 is 1.00 bits per heavy atom. The number of benzene rings is 2. The van der Waals surface area contributed by atoms with Crippen molar-refractivity contribution in [3.05, 3.63) is 58.7 Å². The van der Waals surface area contributed by atoms with Gasteiger partial charge in [0, 0.05) is 23.7 Å². The second kappa shape index (κ2) is 6.35. The standard InChI is InChI=1S/C18H21F2N/c1-11(2)21-10-14-5-6-15(16(19)9-14)18-13(4)7-12(3)8-17(18)20/h5-9,11,21H,10H2,1-4H3. The summed E-state index contributed by atoms with van der Waals surface area (Å²) in [4.78, 5) is 0. The third-order valence-electron chi connectivity index (χ3n) is 3.45. The van der Waals surface area contributed by atoms with E-state index in [2.05, 4.69) is 5.32 Å². The minimum atomic E-state index is -0.385. The van der Waals surface area contributed by atoms with E-state index >= 15 is 0 Å². The molecule has 2 aromatic rings. The van der Waals surface area contributed by atoms with Crippen molar-refractivity contribution in [3.63, 3.8) is 0 Å². The molecule has 2 aromatic carbocycles. The summed E-state index contributed by atoms with van der Waals surface area (Å²) >= 11 is 0. The highest BCUT2D eigenvalue weighted by Crippen LogP contribution is 2.30. The maximum atomic E-state index is 14.3. The lowest BCUT2D eigenvalue weighted by Gasteiger charge is -2.12. The highest BCUT2D eigenvalue weighted by molar-refractivity contribution is 5.69. The maximum absolute atomic E-state index is 14.3. The predicted octanol–water partition coefficient (Wildman–Crippen LogP) is 4.75. The van der Waals surface area contributed by atoms with Crippen LogP contribution < -0.4 is 5.32 Å². The van der Waals surface area contributed by atoms with Crippen LogP contribution in [0.3, 0.4) is 0 Å². The van der Waals surface area contributed by atoms with Gasteiger partial charge in [0.05, 0.1) is 0 Å². The molecule has 0 saturated heterocycles. The summed E-state index contributed by atoms with van der Waals surface area (Å²) in [5.41, 5.74) is 3.11. The van der Waals surface area contributed by atoms with Crippen molar-refractivity contribution in [2.24, 2.45) is 0 Å². The second-order valence-electron chi connectivity index (χ2n) is 5.79. The highest BCUT2D eigenvalue weighted by Gasteiger charge is 2.14. The Hall–Kier alpha value is -1.74.